The minimum Gasteiger partial charge on any atom is -0.478 e. The number of hydrogen-bond acceptors (Lipinski definition) is 8. The van der Waals surface area contributed by atoms with Gasteiger partial charge >= 0.3 is 0 Å². The highest BCUT2D eigenvalue weighted by Gasteiger charge is 2.24. The first-order valence-electron chi connectivity index (χ1n) is 8.89. The second-order valence-corrected chi connectivity index (χ2v) is 9.15. The van der Waals surface area contributed by atoms with E-state index in [0.29, 0.717) is 5.75 Å². The lowest BCUT2D eigenvalue weighted by Crippen LogP contribution is -2.21. The molecule has 2 aromatic carbocycles. The Morgan fingerprint density at radius 2 is 1.78 bits per heavy atom. The molecular formula is C19H17Cl3N4O5S. The predicted molar refractivity (Wildman–Crippen MR) is 121 cm³/mol. The van der Waals surface area contributed by atoms with Crippen LogP contribution in [0.5, 0.6) is 17.5 Å². The van der Waals surface area contributed by atoms with E-state index in [1.54, 1.807) is 24.3 Å². The highest BCUT2D eigenvalue weighted by molar-refractivity contribution is 7.92. The van der Waals surface area contributed by atoms with E-state index in [-0.39, 0.29) is 44.1 Å². The second kappa shape index (κ2) is 10.1. The highest BCUT2D eigenvalue weighted by atomic mass is 35.5. The van der Waals surface area contributed by atoms with Gasteiger partial charge in [-0.1, -0.05) is 53.0 Å². The van der Waals surface area contributed by atoms with Gasteiger partial charge in [-0.2, -0.15) is 4.98 Å². The third-order valence-corrected chi connectivity index (χ3v) is 6.56. The molecule has 1 aromatic heterocycles. The summed E-state index contributed by atoms with van der Waals surface area (Å²) >= 11 is 18.1. The summed E-state index contributed by atoms with van der Waals surface area (Å²) in [5, 5.41) is 8.95. The number of benzene rings is 2. The molecule has 0 aliphatic heterocycles. The number of hydrogen-bond donors (Lipinski definition) is 3. The monoisotopic (exact) mass is 518 g/mol. The Morgan fingerprint density at radius 3 is 2.41 bits per heavy atom. The molecule has 0 spiro atoms. The van der Waals surface area contributed by atoms with Gasteiger partial charge in [-0.05, 0) is 29.8 Å². The van der Waals surface area contributed by atoms with Crippen LogP contribution in [0.4, 0.5) is 5.82 Å². The van der Waals surface area contributed by atoms with Crippen molar-refractivity contribution in [2.45, 2.75) is 17.5 Å². The number of nitrogens with two attached hydrogens (primary N) is 1. The standard InChI is InChI=1S/C19H17Cl3N4O5S/c1-30-19-17(26-32(28,29)13-4-2-3-12(20)15(13)21)24-16(22)18(25-19)31-11-7-5-10(6-8-11)9-14(23)27/h2-8,14,27H,9,23H2,1H3,(H,24,26). The quantitative estimate of drug-likeness (QED) is 0.382. The molecule has 3 rings (SSSR count). The first kappa shape index (κ1) is 24.3. The number of aromatic nitrogens is 2. The van der Waals surface area contributed by atoms with Crippen molar-refractivity contribution in [1.82, 2.24) is 9.97 Å². The van der Waals surface area contributed by atoms with E-state index in [9.17, 15) is 13.5 Å². The van der Waals surface area contributed by atoms with Gasteiger partial charge in [-0.15, -0.1) is 0 Å². The van der Waals surface area contributed by atoms with E-state index in [0.717, 1.165) is 5.56 Å². The Kier molecular flexibility index (Phi) is 7.65. The minimum absolute atomic E-state index is 0.0707. The zero-order valence-corrected chi connectivity index (χ0v) is 19.5. The molecule has 0 bridgehead atoms. The van der Waals surface area contributed by atoms with Crippen LogP contribution in [0.25, 0.3) is 0 Å². The molecule has 1 heterocycles. The molecule has 170 valence electrons. The van der Waals surface area contributed by atoms with Crippen LogP contribution in [0.3, 0.4) is 0 Å². The molecule has 0 aliphatic rings. The number of anilines is 1. The fourth-order valence-electron chi connectivity index (χ4n) is 2.58. The molecule has 1 unspecified atom stereocenters. The lowest BCUT2D eigenvalue weighted by atomic mass is 10.1. The maximum absolute atomic E-state index is 12.8. The molecule has 9 nitrogen and oxygen atoms in total. The van der Waals surface area contributed by atoms with Crippen molar-refractivity contribution in [1.29, 1.82) is 0 Å². The number of sulfonamides is 1. The zero-order chi connectivity index (χ0) is 23.5. The molecule has 32 heavy (non-hydrogen) atoms. The van der Waals surface area contributed by atoms with Crippen molar-refractivity contribution in [3.63, 3.8) is 0 Å². The maximum Gasteiger partial charge on any atom is 0.264 e. The lowest BCUT2D eigenvalue weighted by Gasteiger charge is -2.14. The number of aliphatic hydroxyl groups is 1. The molecule has 3 aromatic rings. The van der Waals surface area contributed by atoms with Gasteiger partial charge in [0.05, 0.1) is 17.2 Å². The lowest BCUT2D eigenvalue weighted by molar-refractivity contribution is 0.183. The molecule has 0 fully saturated rings. The van der Waals surface area contributed by atoms with E-state index < -0.39 is 16.3 Å². The van der Waals surface area contributed by atoms with Crippen LogP contribution in [0, 0.1) is 0 Å². The molecule has 13 heteroatoms. The maximum atomic E-state index is 12.8. The first-order valence-corrected chi connectivity index (χ1v) is 11.5. The molecule has 0 saturated heterocycles. The summed E-state index contributed by atoms with van der Waals surface area (Å²) in [6.45, 7) is 0. The Labute approximate surface area is 199 Å². The van der Waals surface area contributed by atoms with Crippen LogP contribution in [-0.2, 0) is 16.4 Å². The van der Waals surface area contributed by atoms with Gasteiger partial charge in [-0.25, -0.2) is 13.4 Å². The Morgan fingerprint density at radius 1 is 1.09 bits per heavy atom. The molecular weight excluding hydrogens is 503 g/mol. The van der Waals surface area contributed by atoms with Crippen molar-refractivity contribution in [3.8, 4) is 17.5 Å². The third kappa shape index (κ3) is 5.71. The topological polar surface area (TPSA) is 137 Å². The number of rotatable bonds is 8. The van der Waals surface area contributed by atoms with E-state index in [1.807, 2.05) is 0 Å². The van der Waals surface area contributed by atoms with E-state index in [4.69, 9.17) is 50.0 Å². The summed E-state index contributed by atoms with van der Waals surface area (Å²) < 4.78 is 38.5. The van der Waals surface area contributed by atoms with Crippen molar-refractivity contribution in [3.05, 3.63) is 63.2 Å². The summed E-state index contributed by atoms with van der Waals surface area (Å²) in [6, 6.07) is 10.8. The molecule has 0 radical (unpaired) electrons. The third-order valence-electron chi connectivity index (χ3n) is 4.00. The van der Waals surface area contributed by atoms with Crippen LogP contribution in [-0.4, -0.2) is 36.8 Å². The Balaban J connectivity index is 1.87. The van der Waals surface area contributed by atoms with Gasteiger partial charge in [0, 0.05) is 6.42 Å². The average molecular weight is 520 g/mol. The predicted octanol–water partition coefficient (Wildman–Crippen LogP) is 3.86. The number of nitrogens with zero attached hydrogens (tertiary/aromatic N) is 2. The fraction of sp³-hybridized carbons (Fsp3) is 0.158. The Bertz CT molecular complexity index is 1220. The fourth-order valence-corrected chi connectivity index (χ4v) is 4.51. The van der Waals surface area contributed by atoms with Gasteiger partial charge in [0.2, 0.25) is 5.82 Å². The Hall–Kier alpha value is -2.34. The number of ether oxygens (including phenoxy) is 2. The second-order valence-electron chi connectivity index (χ2n) is 6.35. The molecule has 0 aliphatic carbocycles. The molecule has 0 saturated carbocycles. The molecule has 4 N–H and O–H groups in total. The average Bonchev–Trinajstić information content (AvgIpc) is 2.72. The van der Waals surface area contributed by atoms with E-state index in [1.165, 1.54) is 25.3 Å². The summed E-state index contributed by atoms with van der Waals surface area (Å²) in [4.78, 5) is 7.83. The summed E-state index contributed by atoms with van der Waals surface area (Å²) in [7, 11) is -2.90. The zero-order valence-electron chi connectivity index (χ0n) is 16.4. The van der Waals surface area contributed by atoms with Crippen molar-refractivity contribution < 1.29 is 23.0 Å². The smallest absolute Gasteiger partial charge is 0.264 e. The van der Waals surface area contributed by atoms with Gasteiger partial charge in [0.15, 0.2) is 5.15 Å². The number of halogens is 3. The van der Waals surface area contributed by atoms with Crippen molar-refractivity contribution >= 4 is 50.6 Å². The molecule has 1 atom stereocenters. The summed E-state index contributed by atoms with van der Waals surface area (Å²) in [5.74, 6) is -0.196. The van der Waals surface area contributed by atoms with Gasteiger partial charge in [0.25, 0.3) is 21.8 Å². The van der Waals surface area contributed by atoms with Crippen molar-refractivity contribution in [2.75, 3.05) is 11.8 Å². The minimum atomic E-state index is -4.18. The summed E-state index contributed by atoms with van der Waals surface area (Å²) in [6.07, 6.45) is -0.690. The van der Waals surface area contributed by atoms with Crippen LogP contribution in [0.2, 0.25) is 15.2 Å². The van der Waals surface area contributed by atoms with Crippen molar-refractivity contribution in [2.24, 2.45) is 5.73 Å². The number of methoxy groups -OCH3 is 1. The first-order chi connectivity index (χ1) is 15.1. The number of nitrogens with one attached hydrogen (secondary N) is 1. The number of aliphatic hydroxyl groups excluding tert-OH is 1. The molecule has 0 amide bonds. The van der Waals surface area contributed by atoms with Gasteiger partial charge in [-0.3, -0.25) is 4.72 Å². The summed E-state index contributed by atoms with van der Waals surface area (Å²) in [5.41, 5.74) is 6.16. The van der Waals surface area contributed by atoms with Gasteiger partial charge in [0.1, 0.15) is 16.9 Å². The SMILES string of the molecule is COc1nc(Oc2ccc(CC(N)O)cc2)c(Cl)nc1NS(=O)(=O)c1cccc(Cl)c1Cl. The normalized spacial score (nSPS) is 12.3. The van der Waals surface area contributed by atoms with Gasteiger partial charge < -0.3 is 20.3 Å². The van der Waals surface area contributed by atoms with Crippen LogP contribution in [0.1, 0.15) is 5.56 Å². The van der Waals surface area contributed by atoms with Crippen LogP contribution < -0.4 is 19.9 Å². The highest BCUT2D eigenvalue weighted by Crippen LogP contribution is 2.35. The van der Waals surface area contributed by atoms with Crippen LogP contribution in [0.15, 0.2) is 47.4 Å². The largest absolute Gasteiger partial charge is 0.478 e. The van der Waals surface area contributed by atoms with E-state index >= 15 is 0 Å². The van der Waals surface area contributed by atoms with Crippen LogP contribution >= 0.6 is 34.8 Å². The van der Waals surface area contributed by atoms with E-state index in [2.05, 4.69) is 14.7 Å².